The van der Waals surface area contributed by atoms with E-state index < -0.39 is 0 Å². The molecule has 0 saturated carbocycles. The number of hydrogen-bond acceptors (Lipinski definition) is 2. The van der Waals surface area contributed by atoms with Crippen molar-refractivity contribution in [3.63, 3.8) is 0 Å². The molecule has 87 heavy (non-hydrogen) atoms. The van der Waals surface area contributed by atoms with Crippen LogP contribution in [-0.2, 0) is 43.5 Å². The van der Waals surface area contributed by atoms with Crippen molar-refractivity contribution < 1.29 is 42.2 Å². The van der Waals surface area contributed by atoms with E-state index in [1.54, 1.807) is 0 Å². The molecule has 0 bridgehead atoms. The molecule has 11 aromatic carbocycles. The van der Waals surface area contributed by atoms with Crippen molar-refractivity contribution in [1.29, 1.82) is 0 Å². The van der Waals surface area contributed by atoms with Crippen molar-refractivity contribution in [3.05, 3.63) is 334 Å². The third kappa shape index (κ3) is 24.2. The van der Waals surface area contributed by atoms with Crippen molar-refractivity contribution in [1.82, 2.24) is 0 Å². The van der Waals surface area contributed by atoms with Crippen LogP contribution in [-0.4, -0.2) is 0 Å². The Morgan fingerprint density at radius 2 is 0.667 bits per heavy atom. The number of benzene rings is 11. The van der Waals surface area contributed by atoms with Gasteiger partial charge in [0.05, 0.1) is 0 Å². The Balaban J connectivity index is 0.000000379. The third-order valence-electron chi connectivity index (χ3n) is 14.3. The SMILES string of the molecule is C.C.CC.CC.Cc1cc[c-]cc1.Cc1cc[c-]cc1.Cc1ccc(C2(C)CC(C)(C)c3ccccc32)cc1.Cc1cccc(Oc2ccc(-c3ccc(Oc4cccc(C)c4)cc3)cc2)c1.Cc1cccc2c(C)cccc12.Cc1ccccc1.[Y]. The normalized spacial score (nSPS) is 12.4. The molecule has 2 nitrogen and oxygen atoms in total. The van der Waals surface area contributed by atoms with Gasteiger partial charge in [0.2, 0.25) is 0 Å². The molecule has 451 valence electrons. The minimum atomic E-state index is 0. The first-order chi connectivity index (χ1) is 40.6. The molecule has 1 atom stereocenters. The maximum Gasteiger partial charge on any atom is 0.127 e. The zero-order valence-corrected chi connectivity index (χ0v) is 56.3. The van der Waals surface area contributed by atoms with Crippen LogP contribution in [0.25, 0.3) is 21.9 Å². The Labute approximate surface area is 553 Å². The van der Waals surface area contributed by atoms with Crippen LogP contribution in [0.5, 0.6) is 23.0 Å². The van der Waals surface area contributed by atoms with E-state index in [9.17, 15) is 0 Å². The topological polar surface area (TPSA) is 18.5 Å². The summed E-state index contributed by atoms with van der Waals surface area (Å²) in [5, 5.41) is 2.75. The maximum absolute atomic E-state index is 5.93. The minimum absolute atomic E-state index is 0. The summed E-state index contributed by atoms with van der Waals surface area (Å²) in [5.74, 6) is 3.36. The van der Waals surface area contributed by atoms with Gasteiger partial charge in [-0.05, 0) is 163 Å². The van der Waals surface area contributed by atoms with Gasteiger partial charge in [-0.1, -0.05) is 252 Å². The van der Waals surface area contributed by atoms with Crippen LogP contribution >= 0.6 is 0 Å². The molecule has 0 fully saturated rings. The van der Waals surface area contributed by atoms with E-state index in [1.807, 2.05) is 155 Å². The van der Waals surface area contributed by atoms with Crippen molar-refractivity contribution in [2.24, 2.45) is 0 Å². The van der Waals surface area contributed by atoms with Gasteiger partial charge >= 0.3 is 0 Å². The molecule has 0 amide bonds. The second-order valence-corrected chi connectivity index (χ2v) is 21.7. The second-order valence-electron chi connectivity index (χ2n) is 21.7. The molecular weight excluding hydrogens is 1130 g/mol. The average molecular weight is 1230 g/mol. The quantitative estimate of drug-likeness (QED) is 0.155. The molecule has 0 spiro atoms. The number of fused-ring (bicyclic) bond motifs is 2. The van der Waals surface area contributed by atoms with Crippen molar-refractivity contribution in [3.8, 4) is 34.1 Å². The fourth-order valence-electron chi connectivity index (χ4n) is 9.97. The summed E-state index contributed by atoms with van der Waals surface area (Å²) >= 11 is 0. The minimum Gasteiger partial charge on any atom is -0.457 e. The summed E-state index contributed by atoms with van der Waals surface area (Å²) in [7, 11) is 0. The van der Waals surface area contributed by atoms with E-state index >= 15 is 0 Å². The molecule has 1 unspecified atom stereocenters. The van der Waals surface area contributed by atoms with Crippen molar-refractivity contribution >= 4 is 10.8 Å². The van der Waals surface area contributed by atoms with Gasteiger partial charge in [-0.2, -0.15) is 71.8 Å². The van der Waals surface area contributed by atoms with Crippen LogP contribution in [0, 0.1) is 67.5 Å². The summed E-state index contributed by atoms with van der Waals surface area (Å²) in [4.78, 5) is 0. The molecule has 0 N–H and O–H groups in total. The van der Waals surface area contributed by atoms with Gasteiger partial charge in [0.1, 0.15) is 23.0 Å². The standard InChI is InChI=1S/C26H22O2.C19H22.C12H12.C7H8.2C7H7.2C2H6.2CH4.Y/c1-19-5-3-7-25(17-19)27-23-13-9-21(10-14-23)22-11-15-24(16-12-22)28-26-8-4-6-20(2)18-26;1-14-9-11-15(12-10-14)19(4)13-18(2,3)16-7-5-6-8-17(16)19;1-9-5-3-8-12-10(2)6-4-7-11(9)12;3*1-7-5-3-2-4-6-7;2*1-2;;;/h3-18H,1-2H3;5-12H,13H2,1-4H3;3-8H,1-2H3;2-6H,1H3;2*3-6H,1H3;2*1-2H3;2*1H4;/q;;;;2*-1;;;;;. The van der Waals surface area contributed by atoms with Gasteiger partial charge in [-0.3, -0.25) is 0 Å². The van der Waals surface area contributed by atoms with E-state index in [0.717, 1.165) is 34.1 Å². The van der Waals surface area contributed by atoms with Crippen molar-refractivity contribution in [2.45, 2.75) is 136 Å². The molecule has 11 aromatic rings. The first-order valence-electron chi connectivity index (χ1n) is 29.7. The Hall–Kier alpha value is -7.62. The van der Waals surface area contributed by atoms with E-state index in [1.165, 1.54) is 78.4 Å². The summed E-state index contributed by atoms with van der Waals surface area (Å²) in [6.45, 7) is 31.9. The Kier molecular flexibility index (Phi) is 34.0. The molecule has 1 aliphatic rings. The van der Waals surface area contributed by atoms with Crippen LogP contribution in [0.2, 0.25) is 0 Å². The zero-order valence-electron chi connectivity index (χ0n) is 53.4. The number of ether oxygens (including phenoxy) is 2. The van der Waals surface area contributed by atoms with Gasteiger partial charge in [0.15, 0.2) is 0 Å². The summed E-state index contributed by atoms with van der Waals surface area (Å²) in [6, 6.07) is 95.2. The first-order valence-corrected chi connectivity index (χ1v) is 29.7. The first kappa shape index (κ1) is 75.5. The molecule has 0 saturated heterocycles. The monoisotopic (exact) mass is 1230 g/mol. The van der Waals surface area contributed by atoms with E-state index in [0.29, 0.717) is 0 Å². The number of aryl methyl sites for hydroxylation is 8. The number of rotatable bonds is 6. The maximum atomic E-state index is 5.93. The Morgan fingerprint density at radius 3 is 1.02 bits per heavy atom. The fraction of sp³-hybridized carbons (Fsp3) is 0.238. The number of hydrogen-bond donors (Lipinski definition) is 0. The van der Waals surface area contributed by atoms with Gasteiger partial charge in [-0.15, -0.1) is 0 Å². The molecule has 12 rings (SSSR count). The Morgan fingerprint density at radius 1 is 0.322 bits per heavy atom. The van der Waals surface area contributed by atoms with E-state index in [-0.39, 0.29) is 58.4 Å². The molecule has 1 radical (unpaired) electrons. The average Bonchev–Trinajstić information content (AvgIpc) is 1.65. The molecule has 1 aliphatic carbocycles. The van der Waals surface area contributed by atoms with Gasteiger partial charge in [0.25, 0.3) is 0 Å². The third-order valence-corrected chi connectivity index (χ3v) is 14.3. The smallest absolute Gasteiger partial charge is 0.127 e. The summed E-state index contributed by atoms with van der Waals surface area (Å²) in [6.07, 6.45) is 1.18. The molecule has 0 aliphatic heterocycles. The van der Waals surface area contributed by atoms with Gasteiger partial charge in [-0.25, -0.2) is 0 Å². The van der Waals surface area contributed by atoms with Crippen LogP contribution in [0.1, 0.15) is 131 Å². The van der Waals surface area contributed by atoms with Crippen LogP contribution in [0.15, 0.2) is 261 Å². The molecule has 0 heterocycles. The predicted molar refractivity (Wildman–Crippen MR) is 377 cm³/mol. The summed E-state index contributed by atoms with van der Waals surface area (Å²) < 4.78 is 11.9. The van der Waals surface area contributed by atoms with Gasteiger partial charge < -0.3 is 9.47 Å². The molecular formula is C84H98O2Y-2. The second kappa shape index (κ2) is 39.2. The van der Waals surface area contributed by atoms with E-state index in [2.05, 4.69) is 222 Å². The largest absolute Gasteiger partial charge is 0.457 e. The van der Waals surface area contributed by atoms with Crippen molar-refractivity contribution in [2.75, 3.05) is 0 Å². The Bertz CT molecular complexity index is 3390. The van der Waals surface area contributed by atoms with Gasteiger partial charge in [0, 0.05) is 38.1 Å². The molecule has 3 heteroatoms. The van der Waals surface area contributed by atoms with E-state index in [4.69, 9.17) is 9.47 Å². The molecule has 0 aromatic heterocycles. The predicted octanol–water partition coefficient (Wildman–Crippen LogP) is 24.9. The summed E-state index contributed by atoms with van der Waals surface area (Å²) in [5.41, 5.74) is 17.5. The van der Waals surface area contributed by atoms with Crippen LogP contribution < -0.4 is 9.47 Å². The zero-order chi connectivity index (χ0) is 60.9. The van der Waals surface area contributed by atoms with Crippen LogP contribution in [0.3, 0.4) is 0 Å². The fourth-order valence-corrected chi connectivity index (χ4v) is 9.97. The van der Waals surface area contributed by atoms with Crippen LogP contribution in [0.4, 0.5) is 0 Å².